The average molecular weight is 261 g/mol. The summed E-state index contributed by atoms with van der Waals surface area (Å²) in [7, 11) is 0. The zero-order valence-electron chi connectivity index (χ0n) is 8.20. The fraction of sp³-hybridized carbons (Fsp3) is 0.500. The predicted octanol–water partition coefficient (Wildman–Crippen LogP) is 0.200. The van der Waals surface area contributed by atoms with E-state index in [-0.39, 0.29) is 21.9 Å². The summed E-state index contributed by atoms with van der Waals surface area (Å²) in [6.45, 7) is -0.0491. The molecule has 1 fully saturated rings. The molecule has 2 N–H and O–H groups in total. The Morgan fingerprint density at radius 2 is 2.19 bits per heavy atom. The maximum Gasteiger partial charge on any atom is 0.282 e. The van der Waals surface area contributed by atoms with Crippen LogP contribution in [0.2, 0.25) is 4.47 Å². The lowest BCUT2D eigenvalue weighted by Crippen LogP contribution is -2.37. The SMILES string of the molecule is O=C(CNC(=O)c1nnc(Cl)s1)NC1CC1. The molecule has 8 heteroatoms. The first-order valence-corrected chi connectivity index (χ1v) is 5.91. The van der Waals surface area contributed by atoms with Gasteiger partial charge in [-0.2, -0.15) is 0 Å². The molecule has 1 saturated carbocycles. The summed E-state index contributed by atoms with van der Waals surface area (Å²) in [4.78, 5) is 22.7. The van der Waals surface area contributed by atoms with Crippen molar-refractivity contribution in [3.05, 3.63) is 9.47 Å². The highest BCUT2D eigenvalue weighted by Crippen LogP contribution is 2.18. The van der Waals surface area contributed by atoms with Crippen LogP contribution in [0.1, 0.15) is 22.6 Å². The lowest BCUT2D eigenvalue weighted by molar-refractivity contribution is -0.120. The summed E-state index contributed by atoms with van der Waals surface area (Å²) in [6, 6.07) is 0.292. The third-order valence-corrected chi connectivity index (χ3v) is 2.96. The highest BCUT2D eigenvalue weighted by atomic mass is 35.5. The van der Waals surface area contributed by atoms with Gasteiger partial charge in [0.05, 0.1) is 6.54 Å². The molecule has 2 rings (SSSR count). The van der Waals surface area contributed by atoms with Gasteiger partial charge in [0.2, 0.25) is 15.4 Å². The minimum absolute atomic E-state index is 0.0491. The molecule has 0 bridgehead atoms. The van der Waals surface area contributed by atoms with Crippen molar-refractivity contribution in [1.82, 2.24) is 20.8 Å². The molecule has 1 aliphatic carbocycles. The van der Waals surface area contributed by atoms with Gasteiger partial charge >= 0.3 is 0 Å². The molecule has 0 unspecified atom stereocenters. The summed E-state index contributed by atoms with van der Waals surface area (Å²) in [6.07, 6.45) is 2.04. The molecule has 16 heavy (non-hydrogen) atoms. The number of nitrogens with one attached hydrogen (secondary N) is 2. The van der Waals surface area contributed by atoms with Crippen LogP contribution in [0.25, 0.3) is 0 Å². The summed E-state index contributed by atoms with van der Waals surface area (Å²) < 4.78 is 0.201. The minimum atomic E-state index is -0.435. The summed E-state index contributed by atoms with van der Waals surface area (Å²) in [5.74, 6) is -0.623. The van der Waals surface area contributed by atoms with E-state index in [9.17, 15) is 9.59 Å². The Morgan fingerprint density at radius 3 is 2.75 bits per heavy atom. The molecule has 2 amide bonds. The molecule has 6 nitrogen and oxygen atoms in total. The maximum atomic E-state index is 11.4. The van der Waals surface area contributed by atoms with E-state index in [1.807, 2.05) is 0 Å². The van der Waals surface area contributed by atoms with E-state index in [0.29, 0.717) is 6.04 Å². The molecular weight excluding hydrogens is 252 g/mol. The normalized spacial score (nSPS) is 14.6. The first-order valence-electron chi connectivity index (χ1n) is 4.71. The van der Waals surface area contributed by atoms with Gasteiger partial charge in [-0.3, -0.25) is 9.59 Å². The Labute approximate surface area is 100 Å². The van der Waals surface area contributed by atoms with E-state index < -0.39 is 5.91 Å². The molecule has 1 aromatic heterocycles. The van der Waals surface area contributed by atoms with Crippen molar-refractivity contribution in [2.45, 2.75) is 18.9 Å². The third-order valence-electron chi connectivity index (χ3n) is 1.95. The van der Waals surface area contributed by atoms with E-state index in [2.05, 4.69) is 20.8 Å². The third kappa shape index (κ3) is 3.14. The van der Waals surface area contributed by atoms with Gasteiger partial charge in [0.25, 0.3) is 5.91 Å². The summed E-state index contributed by atoms with van der Waals surface area (Å²) in [5.41, 5.74) is 0. The minimum Gasteiger partial charge on any atom is -0.352 e. The average Bonchev–Trinajstić information content (AvgIpc) is 2.95. The second kappa shape index (κ2) is 4.75. The molecule has 0 saturated heterocycles. The van der Waals surface area contributed by atoms with Crippen LogP contribution in [0, 0.1) is 0 Å². The van der Waals surface area contributed by atoms with Crippen LogP contribution in [0.3, 0.4) is 0 Å². The van der Waals surface area contributed by atoms with Crippen molar-refractivity contribution in [3.8, 4) is 0 Å². The fourth-order valence-corrected chi connectivity index (χ4v) is 1.78. The monoisotopic (exact) mass is 260 g/mol. The van der Waals surface area contributed by atoms with E-state index in [4.69, 9.17) is 11.6 Å². The molecule has 0 spiro atoms. The molecule has 0 atom stereocenters. The number of rotatable bonds is 4. The number of hydrogen-bond donors (Lipinski definition) is 2. The number of nitrogens with zero attached hydrogens (tertiary/aromatic N) is 2. The van der Waals surface area contributed by atoms with Crippen molar-refractivity contribution in [2.75, 3.05) is 6.54 Å². The topological polar surface area (TPSA) is 84.0 Å². The highest BCUT2D eigenvalue weighted by molar-refractivity contribution is 7.17. The van der Waals surface area contributed by atoms with Crippen molar-refractivity contribution in [2.24, 2.45) is 0 Å². The Bertz CT molecular complexity index is 418. The molecule has 1 heterocycles. The van der Waals surface area contributed by atoms with Crippen molar-refractivity contribution in [3.63, 3.8) is 0 Å². The molecule has 86 valence electrons. The second-order valence-corrected chi connectivity index (χ2v) is 4.94. The van der Waals surface area contributed by atoms with Crippen molar-refractivity contribution in [1.29, 1.82) is 0 Å². The molecule has 1 aliphatic rings. The van der Waals surface area contributed by atoms with Gasteiger partial charge in [0.1, 0.15) is 0 Å². The zero-order valence-corrected chi connectivity index (χ0v) is 9.77. The van der Waals surface area contributed by atoms with Crippen LogP contribution in [-0.2, 0) is 4.79 Å². The molecule has 0 aromatic carbocycles. The van der Waals surface area contributed by atoms with Gasteiger partial charge in [0.15, 0.2) is 0 Å². The smallest absolute Gasteiger partial charge is 0.282 e. The number of hydrogen-bond acceptors (Lipinski definition) is 5. The fourth-order valence-electron chi connectivity index (χ4n) is 1.04. The van der Waals surface area contributed by atoms with E-state index >= 15 is 0 Å². The summed E-state index contributed by atoms with van der Waals surface area (Å²) >= 11 is 6.50. The van der Waals surface area contributed by atoms with Crippen molar-refractivity contribution < 1.29 is 9.59 Å². The van der Waals surface area contributed by atoms with E-state index in [1.165, 1.54) is 0 Å². The maximum absolute atomic E-state index is 11.4. The molecular formula is C8H9ClN4O2S. The number of carbonyl (C=O) groups is 2. The Morgan fingerprint density at radius 1 is 1.44 bits per heavy atom. The summed E-state index contributed by atoms with van der Waals surface area (Å²) in [5, 5.41) is 12.4. The van der Waals surface area contributed by atoms with Gasteiger partial charge in [-0.15, -0.1) is 10.2 Å². The van der Waals surface area contributed by atoms with Crippen LogP contribution in [0.15, 0.2) is 0 Å². The van der Waals surface area contributed by atoms with Gasteiger partial charge < -0.3 is 10.6 Å². The zero-order chi connectivity index (χ0) is 11.5. The van der Waals surface area contributed by atoms with E-state index in [1.54, 1.807) is 0 Å². The van der Waals surface area contributed by atoms with E-state index in [0.717, 1.165) is 24.2 Å². The van der Waals surface area contributed by atoms with Crippen molar-refractivity contribution >= 4 is 34.8 Å². The molecule has 0 radical (unpaired) electrons. The number of carbonyl (C=O) groups excluding carboxylic acids is 2. The van der Waals surface area contributed by atoms with Crippen LogP contribution in [0.4, 0.5) is 0 Å². The Balaban J connectivity index is 1.76. The standard InChI is InChI=1S/C8H9ClN4O2S/c9-8-13-12-7(16-8)6(15)10-3-5(14)11-4-1-2-4/h4H,1-3H2,(H,10,15)(H,11,14). The van der Waals surface area contributed by atoms with Gasteiger partial charge in [-0.1, -0.05) is 11.3 Å². The van der Waals surface area contributed by atoms with Crippen LogP contribution in [0.5, 0.6) is 0 Å². The largest absolute Gasteiger partial charge is 0.352 e. The Kier molecular flexibility index (Phi) is 3.35. The highest BCUT2D eigenvalue weighted by Gasteiger charge is 2.23. The van der Waals surface area contributed by atoms with Crippen LogP contribution >= 0.6 is 22.9 Å². The molecule has 1 aromatic rings. The number of aromatic nitrogens is 2. The lowest BCUT2D eigenvalue weighted by atomic mass is 10.5. The molecule has 0 aliphatic heterocycles. The van der Waals surface area contributed by atoms with Gasteiger partial charge in [0, 0.05) is 6.04 Å². The number of amides is 2. The number of halogens is 1. The van der Waals surface area contributed by atoms with Gasteiger partial charge in [-0.05, 0) is 24.4 Å². The quantitative estimate of drug-likeness (QED) is 0.810. The van der Waals surface area contributed by atoms with Crippen LogP contribution < -0.4 is 10.6 Å². The first-order chi connectivity index (χ1) is 7.65. The van der Waals surface area contributed by atoms with Crippen LogP contribution in [-0.4, -0.2) is 34.6 Å². The Hall–Kier alpha value is -1.21. The van der Waals surface area contributed by atoms with Gasteiger partial charge in [-0.25, -0.2) is 0 Å². The predicted molar refractivity (Wildman–Crippen MR) is 58.4 cm³/mol. The second-order valence-electron chi connectivity index (χ2n) is 3.38. The lowest BCUT2D eigenvalue weighted by Gasteiger charge is -2.03. The first kappa shape index (κ1) is 11.3.